The number of amides is 2. The molecule has 0 saturated carbocycles. The summed E-state index contributed by atoms with van der Waals surface area (Å²) in [6.45, 7) is 4.60. The van der Waals surface area contributed by atoms with Gasteiger partial charge in [0.25, 0.3) is 5.91 Å². The molecule has 3 heterocycles. The van der Waals surface area contributed by atoms with E-state index < -0.39 is 5.54 Å². The predicted molar refractivity (Wildman–Crippen MR) is 109 cm³/mol. The number of para-hydroxylation sites is 2. The summed E-state index contributed by atoms with van der Waals surface area (Å²) in [6.07, 6.45) is 1.16. The molecule has 0 fully saturated rings. The first-order valence-electron chi connectivity index (χ1n) is 9.85. The zero-order valence-electron chi connectivity index (χ0n) is 16.1. The summed E-state index contributed by atoms with van der Waals surface area (Å²) in [5.41, 5.74) is 3.47. The van der Waals surface area contributed by atoms with Gasteiger partial charge in [0.2, 0.25) is 5.91 Å². The number of rotatable bonds is 2. The van der Waals surface area contributed by atoms with Crippen LogP contribution in [0.1, 0.15) is 37.1 Å². The van der Waals surface area contributed by atoms with Crippen molar-refractivity contribution in [1.29, 1.82) is 0 Å². The van der Waals surface area contributed by atoms with Gasteiger partial charge in [-0.2, -0.15) is 0 Å². The monoisotopic (exact) mass is 373 g/mol. The van der Waals surface area contributed by atoms with Gasteiger partial charge in [0.05, 0.1) is 5.69 Å². The third-order valence-corrected chi connectivity index (χ3v) is 5.94. The molecule has 5 rings (SSSR count). The first-order valence-corrected chi connectivity index (χ1v) is 9.85. The molecule has 0 bridgehead atoms. The van der Waals surface area contributed by atoms with Crippen LogP contribution in [0.2, 0.25) is 0 Å². The van der Waals surface area contributed by atoms with Crippen molar-refractivity contribution in [3.63, 3.8) is 0 Å². The van der Waals surface area contributed by atoms with Crippen LogP contribution in [0.4, 0.5) is 5.69 Å². The molecular formula is C23H23N3O2. The number of aromatic amines is 1. The maximum atomic E-state index is 13.5. The highest BCUT2D eigenvalue weighted by atomic mass is 16.2. The molecule has 2 aliphatic heterocycles. The van der Waals surface area contributed by atoms with E-state index in [2.05, 4.69) is 16.4 Å². The molecule has 1 aromatic heterocycles. The van der Waals surface area contributed by atoms with Crippen molar-refractivity contribution in [2.24, 2.45) is 5.92 Å². The first-order chi connectivity index (χ1) is 13.5. The maximum Gasteiger partial charge on any atom is 0.261 e. The summed E-state index contributed by atoms with van der Waals surface area (Å²) in [4.78, 5) is 32.1. The first kappa shape index (κ1) is 17.0. The quantitative estimate of drug-likeness (QED) is 0.718. The Labute approximate surface area is 163 Å². The zero-order valence-corrected chi connectivity index (χ0v) is 16.1. The van der Waals surface area contributed by atoms with Crippen LogP contribution in [-0.4, -0.2) is 28.2 Å². The van der Waals surface area contributed by atoms with Gasteiger partial charge in [0, 0.05) is 35.1 Å². The summed E-state index contributed by atoms with van der Waals surface area (Å²) < 4.78 is 0. The van der Waals surface area contributed by atoms with E-state index in [0.29, 0.717) is 13.0 Å². The normalized spacial score (nSPS) is 20.5. The predicted octanol–water partition coefficient (Wildman–Crippen LogP) is 3.79. The number of carbonyl (C=O) groups excluding carboxylic acids is 2. The molecule has 0 aliphatic carbocycles. The number of hydrogen-bond donors (Lipinski definition) is 2. The lowest BCUT2D eigenvalue weighted by molar-refractivity contribution is -0.144. The number of anilines is 1. The number of carbonyl (C=O) groups is 2. The van der Waals surface area contributed by atoms with Crippen LogP contribution in [0, 0.1) is 5.92 Å². The highest BCUT2D eigenvalue weighted by Gasteiger charge is 2.57. The Morgan fingerprint density at radius 3 is 2.71 bits per heavy atom. The van der Waals surface area contributed by atoms with Crippen LogP contribution >= 0.6 is 0 Å². The maximum absolute atomic E-state index is 13.5. The van der Waals surface area contributed by atoms with Crippen LogP contribution in [0.15, 0.2) is 48.5 Å². The molecule has 142 valence electrons. The van der Waals surface area contributed by atoms with Gasteiger partial charge in [0.15, 0.2) is 5.54 Å². The number of benzene rings is 2. The van der Waals surface area contributed by atoms with Gasteiger partial charge in [-0.25, -0.2) is 0 Å². The smallest absolute Gasteiger partial charge is 0.261 e. The second-order valence-corrected chi connectivity index (χ2v) is 8.13. The summed E-state index contributed by atoms with van der Waals surface area (Å²) in [7, 11) is 0. The van der Waals surface area contributed by atoms with E-state index in [4.69, 9.17) is 0 Å². The topological polar surface area (TPSA) is 65.2 Å². The van der Waals surface area contributed by atoms with Gasteiger partial charge in [0.1, 0.15) is 0 Å². The fourth-order valence-electron chi connectivity index (χ4n) is 4.82. The number of fused-ring (bicyclic) bond motifs is 6. The number of nitrogens with zero attached hydrogens (tertiary/aromatic N) is 1. The van der Waals surface area contributed by atoms with Crippen molar-refractivity contribution in [3.8, 4) is 0 Å². The SMILES string of the molecule is CC(C)CC(=O)N1CCc2c([nH]c3ccccc23)C12C(=O)Nc1ccccc12. The lowest BCUT2D eigenvalue weighted by Crippen LogP contribution is -2.58. The van der Waals surface area contributed by atoms with E-state index in [0.717, 1.165) is 39.8 Å². The number of aromatic nitrogens is 1. The van der Waals surface area contributed by atoms with Crippen LogP contribution in [-0.2, 0) is 21.5 Å². The van der Waals surface area contributed by atoms with E-state index in [9.17, 15) is 9.59 Å². The Balaban J connectivity index is 1.81. The lowest BCUT2D eigenvalue weighted by atomic mass is 9.79. The van der Waals surface area contributed by atoms with E-state index >= 15 is 0 Å². The molecule has 5 nitrogen and oxygen atoms in total. The standard InChI is InChI=1S/C23H23N3O2/c1-14(2)13-20(27)26-12-11-16-15-7-3-5-9-18(15)24-21(16)23(26)17-8-4-6-10-19(17)25-22(23)28/h3-10,14,24H,11-13H2,1-2H3,(H,25,28). The molecule has 3 aromatic rings. The Bertz CT molecular complexity index is 1110. The van der Waals surface area contributed by atoms with Crippen molar-refractivity contribution in [1.82, 2.24) is 9.88 Å². The zero-order chi connectivity index (χ0) is 19.5. The molecule has 2 aliphatic rings. The minimum absolute atomic E-state index is 0.0196. The Kier molecular flexibility index (Phi) is 3.63. The number of nitrogens with one attached hydrogen (secondary N) is 2. The summed E-state index contributed by atoms with van der Waals surface area (Å²) in [5, 5.41) is 4.16. The minimum Gasteiger partial charge on any atom is -0.355 e. The Hall–Kier alpha value is -3.08. The minimum atomic E-state index is -1.13. The molecule has 1 spiro atoms. The Morgan fingerprint density at radius 1 is 1.14 bits per heavy atom. The average Bonchev–Trinajstić information content (AvgIpc) is 3.19. The summed E-state index contributed by atoms with van der Waals surface area (Å²) in [5.74, 6) is 0.0952. The second-order valence-electron chi connectivity index (χ2n) is 8.13. The number of H-pyrrole nitrogens is 1. The van der Waals surface area contributed by atoms with Crippen LogP contribution in [0.5, 0.6) is 0 Å². The van der Waals surface area contributed by atoms with Gasteiger partial charge in [-0.15, -0.1) is 0 Å². The molecule has 1 unspecified atom stereocenters. The molecule has 5 heteroatoms. The van der Waals surface area contributed by atoms with Gasteiger partial charge in [-0.1, -0.05) is 50.2 Å². The van der Waals surface area contributed by atoms with Crippen molar-refractivity contribution < 1.29 is 9.59 Å². The van der Waals surface area contributed by atoms with Gasteiger partial charge in [-0.3, -0.25) is 9.59 Å². The van der Waals surface area contributed by atoms with E-state index in [1.54, 1.807) is 4.90 Å². The second kappa shape index (κ2) is 5.96. The van der Waals surface area contributed by atoms with Crippen LogP contribution in [0.3, 0.4) is 0 Å². The van der Waals surface area contributed by atoms with Crippen molar-refractivity contribution in [2.45, 2.75) is 32.2 Å². The molecule has 0 radical (unpaired) electrons. The molecular weight excluding hydrogens is 350 g/mol. The molecule has 2 amide bonds. The fraction of sp³-hybridized carbons (Fsp3) is 0.304. The number of hydrogen-bond acceptors (Lipinski definition) is 2. The van der Waals surface area contributed by atoms with E-state index in [1.165, 1.54) is 0 Å². The molecule has 0 saturated heterocycles. The molecule has 2 aromatic carbocycles. The van der Waals surface area contributed by atoms with Crippen molar-refractivity contribution in [2.75, 3.05) is 11.9 Å². The largest absolute Gasteiger partial charge is 0.355 e. The van der Waals surface area contributed by atoms with Gasteiger partial charge in [-0.05, 0) is 30.0 Å². The van der Waals surface area contributed by atoms with Gasteiger partial charge >= 0.3 is 0 Å². The fourth-order valence-corrected chi connectivity index (χ4v) is 4.82. The van der Waals surface area contributed by atoms with Crippen LogP contribution in [0.25, 0.3) is 10.9 Å². The summed E-state index contributed by atoms with van der Waals surface area (Å²) in [6, 6.07) is 15.8. The van der Waals surface area contributed by atoms with Gasteiger partial charge < -0.3 is 15.2 Å². The third kappa shape index (κ3) is 2.13. The third-order valence-electron chi connectivity index (χ3n) is 5.94. The Morgan fingerprint density at radius 2 is 1.89 bits per heavy atom. The van der Waals surface area contributed by atoms with Crippen LogP contribution < -0.4 is 5.32 Å². The summed E-state index contributed by atoms with van der Waals surface area (Å²) >= 11 is 0. The van der Waals surface area contributed by atoms with E-state index in [1.807, 2.05) is 56.3 Å². The highest BCUT2D eigenvalue weighted by molar-refractivity contribution is 6.11. The molecule has 2 N–H and O–H groups in total. The van der Waals surface area contributed by atoms with Crippen molar-refractivity contribution >= 4 is 28.4 Å². The lowest BCUT2D eigenvalue weighted by Gasteiger charge is -2.43. The molecule has 28 heavy (non-hydrogen) atoms. The van der Waals surface area contributed by atoms with E-state index in [-0.39, 0.29) is 17.7 Å². The molecule has 1 atom stereocenters. The highest BCUT2D eigenvalue weighted by Crippen LogP contribution is 2.49. The average molecular weight is 373 g/mol. The van der Waals surface area contributed by atoms with Crippen molar-refractivity contribution in [3.05, 3.63) is 65.4 Å².